The number of benzene rings is 2. The monoisotopic (exact) mass is 636 g/mol. The summed E-state index contributed by atoms with van der Waals surface area (Å²) < 4.78 is 6.12. The number of esters is 1. The van der Waals surface area contributed by atoms with Gasteiger partial charge < -0.3 is 10.1 Å². The van der Waals surface area contributed by atoms with Crippen LogP contribution in [0.1, 0.15) is 58.0 Å². The summed E-state index contributed by atoms with van der Waals surface area (Å²) in [6.07, 6.45) is 1.29. The number of rotatable bonds is 8. The smallest absolute Gasteiger partial charge is 0.329 e. The molecule has 2 aromatic rings. The molecule has 3 rings (SSSR count). The van der Waals surface area contributed by atoms with Crippen molar-refractivity contribution in [2.75, 3.05) is 11.9 Å². The summed E-state index contributed by atoms with van der Waals surface area (Å²) in [5.74, 6) is -3.18. The van der Waals surface area contributed by atoms with E-state index in [9.17, 15) is 19.2 Å². The number of unbranched alkanes of at least 4 members (excludes halogenated alkanes) is 1. The topological polar surface area (TPSA) is 92.8 Å². The van der Waals surface area contributed by atoms with Crippen molar-refractivity contribution < 1.29 is 23.9 Å². The number of carbonyl (C=O) groups is 4. The number of carbonyl (C=O) groups excluding carboxylic acids is 4. The van der Waals surface area contributed by atoms with Gasteiger partial charge in [-0.2, -0.15) is 0 Å². The Hall–Kier alpha value is -1.84. The Balaban J connectivity index is 1.81. The number of fused-ring (bicyclic) bond motifs is 1. The highest BCUT2D eigenvalue weighted by Gasteiger charge is 2.47. The van der Waals surface area contributed by atoms with Crippen molar-refractivity contribution in [3.8, 4) is 0 Å². The van der Waals surface area contributed by atoms with E-state index < -0.39 is 36.3 Å². The molecule has 0 saturated carbocycles. The molecule has 1 aliphatic heterocycles. The van der Waals surface area contributed by atoms with Crippen LogP contribution in [0.4, 0.5) is 5.69 Å². The van der Waals surface area contributed by atoms with Crippen molar-refractivity contribution in [1.29, 1.82) is 0 Å². The minimum absolute atomic E-state index is 0.115. The molecule has 0 spiro atoms. The van der Waals surface area contributed by atoms with Gasteiger partial charge >= 0.3 is 5.97 Å². The van der Waals surface area contributed by atoms with E-state index in [0.29, 0.717) is 18.5 Å². The van der Waals surface area contributed by atoms with Gasteiger partial charge in [0.2, 0.25) is 0 Å². The van der Waals surface area contributed by atoms with Crippen LogP contribution in [-0.4, -0.2) is 41.2 Å². The molecule has 0 saturated heterocycles. The second-order valence-corrected chi connectivity index (χ2v) is 10.5. The number of halogens is 5. The van der Waals surface area contributed by atoms with Gasteiger partial charge in [-0.25, -0.2) is 4.79 Å². The van der Waals surface area contributed by atoms with Gasteiger partial charge in [0.25, 0.3) is 17.7 Å². The summed E-state index contributed by atoms with van der Waals surface area (Å²) >= 11 is 28.0. The van der Waals surface area contributed by atoms with Crippen molar-refractivity contribution >= 4 is 91.7 Å². The van der Waals surface area contributed by atoms with E-state index in [4.69, 9.17) is 51.1 Å². The second kappa shape index (κ2) is 11.7. The molecule has 1 N–H and O–H groups in total. The van der Waals surface area contributed by atoms with Crippen molar-refractivity contribution in [3.05, 3.63) is 58.9 Å². The van der Waals surface area contributed by atoms with Crippen molar-refractivity contribution in [2.45, 2.75) is 46.1 Å². The zero-order valence-electron chi connectivity index (χ0n) is 19.4. The van der Waals surface area contributed by atoms with E-state index in [0.717, 1.165) is 20.5 Å². The van der Waals surface area contributed by atoms with E-state index in [-0.39, 0.29) is 37.6 Å². The zero-order chi connectivity index (χ0) is 26.9. The SMILES string of the molecule is CCCC[C@@H](C(=O)OCC(=O)Nc1ccc(Br)c(C)c1C)N1C(=O)c2c(Cl)c(Cl)c(Cl)c(Cl)c2C1=O. The van der Waals surface area contributed by atoms with E-state index >= 15 is 0 Å². The first-order chi connectivity index (χ1) is 16.9. The van der Waals surface area contributed by atoms with Gasteiger partial charge in [-0.05, 0) is 43.5 Å². The van der Waals surface area contributed by atoms with Crippen LogP contribution in [0.5, 0.6) is 0 Å². The highest BCUT2D eigenvalue weighted by atomic mass is 79.9. The summed E-state index contributed by atoms with van der Waals surface area (Å²) in [6, 6.07) is 2.21. The lowest BCUT2D eigenvalue weighted by Crippen LogP contribution is -2.46. The molecular formula is C24H21BrCl4N2O5. The second-order valence-electron chi connectivity index (χ2n) is 8.15. The predicted octanol–water partition coefficient (Wildman–Crippen LogP) is 7.02. The van der Waals surface area contributed by atoms with E-state index in [1.54, 1.807) is 12.1 Å². The molecule has 3 amide bonds. The Morgan fingerprint density at radius 2 is 1.53 bits per heavy atom. The first kappa shape index (κ1) is 28.7. The normalized spacial score (nSPS) is 13.6. The fourth-order valence-corrected chi connectivity index (χ4v) is 5.19. The molecule has 0 aliphatic carbocycles. The van der Waals surface area contributed by atoms with Crippen LogP contribution in [-0.2, 0) is 14.3 Å². The van der Waals surface area contributed by atoms with Crippen LogP contribution in [0.25, 0.3) is 0 Å². The maximum absolute atomic E-state index is 13.2. The molecule has 0 fully saturated rings. The zero-order valence-corrected chi connectivity index (χ0v) is 24.0. The predicted molar refractivity (Wildman–Crippen MR) is 143 cm³/mol. The van der Waals surface area contributed by atoms with E-state index in [1.807, 2.05) is 20.8 Å². The molecule has 1 heterocycles. The van der Waals surface area contributed by atoms with E-state index in [2.05, 4.69) is 21.2 Å². The Kier molecular flexibility index (Phi) is 9.33. The minimum Gasteiger partial charge on any atom is -0.454 e. The van der Waals surface area contributed by atoms with Gasteiger partial charge in [-0.1, -0.05) is 82.1 Å². The quantitative estimate of drug-likeness (QED) is 0.145. The molecule has 192 valence electrons. The maximum atomic E-state index is 13.2. The van der Waals surface area contributed by atoms with E-state index in [1.165, 1.54) is 0 Å². The first-order valence-electron chi connectivity index (χ1n) is 10.9. The van der Waals surface area contributed by atoms with Gasteiger partial charge in [-0.3, -0.25) is 19.3 Å². The molecule has 1 atom stereocenters. The Bertz CT molecular complexity index is 1240. The lowest BCUT2D eigenvalue weighted by molar-refractivity contribution is -0.151. The Labute approximate surface area is 236 Å². The molecule has 0 aromatic heterocycles. The van der Waals surface area contributed by atoms with Crippen molar-refractivity contribution in [2.24, 2.45) is 0 Å². The molecule has 0 bridgehead atoms. The Morgan fingerprint density at radius 1 is 0.972 bits per heavy atom. The third-order valence-electron chi connectivity index (χ3n) is 5.89. The number of anilines is 1. The van der Waals surface area contributed by atoms with Crippen LogP contribution < -0.4 is 5.32 Å². The number of ether oxygens (including phenoxy) is 1. The highest BCUT2D eigenvalue weighted by molar-refractivity contribution is 9.10. The highest BCUT2D eigenvalue weighted by Crippen LogP contribution is 2.45. The van der Waals surface area contributed by atoms with Crippen LogP contribution in [0.2, 0.25) is 20.1 Å². The summed E-state index contributed by atoms with van der Waals surface area (Å²) in [5.41, 5.74) is 1.91. The summed E-state index contributed by atoms with van der Waals surface area (Å²) in [5, 5.41) is 1.88. The number of nitrogens with one attached hydrogen (secondary N) is 1. The molecule has 7 nitrogen and oxygen atoms in total. The van der Waals surface area contributed by atoms with Gasteiger partial charge in [0, 0.05) is 10.2 Å². The molecule has 0 radical (unpaired) electrons. The molecular weight excluding hydrogens is 618 g/mol. The fourth-order valence-electron chi connectivity index (χ4n) is 3.74. The largest absolute Gasteiger partial charge is 0.454 e. The number of hydrogen-bond acceptors (Lipinski definition) is 5. The third kappa shape index (κ3) is 5.38. The summed E-state index contributed by atoms with van der Waals surface area (Å²) in [4.78, 5) is 52.7. The fraction of sp³-hybridized carbons (Fsp3) is 0.333. The molecule has 12 heteroatoms. The lowest BCUT2D eigenvalue weighted by atomic mass is 10.1. The minimum atomic E-state index is -1.30. The molecule has 2 aromatic carbocycles. The van der Waals surface area contributed by atoms with Gasteiger partial charge in [0.05, 0.1) is 31.2 Å². The van der Waals surface area contributed by atoms with Crippen LogP contribution >= 0.6 is 62.3 Å². The summed E-state index contributed by atoms with van der Waals surface area (Å²) in [7, 11) is 0. The van der Waals surface area contributed by atoms with Gasteiger partial charge in [-0.15, -0.1) is 0 Å². The number of imide groups is 1. The third-order valence-corrected chi connectivity index (χ3v) is 8.55. The number of hydrogen-bond donors (Lipinski definition) is 1. The maximum Gasteiger partial charge on any atom is 0.329 e. The van der Waals surface area contributed by atoms with Crippen molar-refractivity contribution in [3.63, 3.8) is 0 Å². The molecule has 36 heavy (non-hydrogen) atoms. The van der Waals surface area contributed by atoms with Crippen LogP contribution in [0.3, 0.4) is 0 Å². The van der Waals surface area contributed by atoms with Gasteiger partial charge in [0.15, 0.2) is 6.61 Å². The number of nitrogens with zero attached hydrogens (tertiary/aromatic N) is 1. The number of amides is 3. The van der Waals surface area contributed by atoms with Crippen molar-refractivity contribution in [1.82, 2.24) is 4.90 Å². The standard InChI is InChI=1S/C24H21BrCl4N2O5/c1-4-5-6-14(24(35)36-9-15(32)30-13-8-7-12(25)10(2)11(13)3)31-22(33)16-17(23(31)34)19(27)21(29)20(28)18(16)26/h7-8,14H,4-6,9H2,1-3H3,(H,30,32)/t14-/m0/s1. The average molecular weight is 639 g/mol. The molecule has 0 unspecified atom stereocenters. The van der Waals surface area contributed by atoms with Crippen LogP contribution in [0.15, 0.2) is 16.6 Å². The summed E-state index contributed by atoms with van der Waals surface area (Å²) in [6.45, 7) is 5.01. The van der Waals surface area contributed by atoms with Gasteiger partial charge in [0.1, 0.15) is 6.04 Å². The van der Waals surface area contributed by atoms with Crippen LogP contribution in [0, 0.1) is 13.8 Å². The first-order valence-corrected chi connectivity index (χ1v) is 13.2. The average Bonchev–Trinajstić information content (AvgIpc) is 3.10. The molecule has 1 aliphatic rings. The lowest BCUT2D eigenvalue weighted by Gasteiger charge is -2.24. The Morgan fingerprint density at radius 3 is 2.06 bits per heavy atom.